The summed E-state index contributed by atoms with van der Waals surface area (Å²) in [6.45, 7) is 1.07. The second-order valence-electron chi connectivity index (χ2n) is 5.76. The summed E-state index contributed by atoms with van der Waals surface area (Å²) < 4.78 is 39.8. The molecule has 2 heterocycles. The first kappa shape index (κ1) is 18.8. The molecule has 9 heteroatoms. The topological polar surface area (TPSA) is 79.4 Å². The van der Waals surface area contributed by atoms with Gasteiger partial charge in [0.2, 0.25) is 15.9 Å². The summed E-state index contributed by atoms with van der Waals surface area (Å²) in [5, 5.41) is 3.01. The molecule has 0 aliphatic carbocycles. The number of anilines is 1. The summed E-state index contributed by atoms with van der Waals surface area (Å²) in [4.78, 5) is 16.2. The van der Waals surface area contributed by atoms with Crippen LogP contribution in [0.2, 0.25) is 0 Å². The summed E-state index contributed by atoms with van der Waals surface area (Å²) in [6.07, 6.45) is 3.06. The minimum absolute atomic E-state index is 0.0412. The molecule has 0 radical (unpaired) electrons. The van der Waals surface area contributed by atoms with Crippen molar-refractivity contribution in [2.24, 2.45) is 0 Å². The number of carbonyl (C=O) groups excluding carboxylic acids is 1. The Morgan fingerprint density at radius 1 is 1.19 bits per heavy atom. The number of thioether (sulfide) groups is 1. The normalized spacial score (nSPS) is 15.1. The quantitative estimate of drug-likeness (QED) is 0.761. The number of rotatable bonds is 6. The van der Waals surface area contributed by atoms with E-state index in [1.165, 1.54) is 28.7 Å². The number of aromatic nitrogens is 1. The lowest BCUT2D eigenvalue weighted by Crippen LogP contribution is -2.27. The molecular formula is C17H18FN3O3S2. The summed E-state index contributed by atoms with van der Waals surface area (Å²) in [5.41, 5.74) is 0.123. The monoisotopic (exact) mass is 395 g/mol. The van der Waals surface area contributed by atoms with Gasteiger partial charge in [0.1, 0.15) is 10.7 Å². The predicted molar refractivity (Wildman–Crippen MR) is 98.0 cm³/mol. The van der Waals surface area contributed by atoms with Gasteiger partial charge in [0.05, 0.1) is 16.5 Å². The number of hydrogen-bond acceptors (Lipinski definition) is 5. The molecule has 138 valence electrons. The van der Waals surface area contributed by atoms with Crippen molar-refractivity contribution >= 4 is 33.4 Å². The third kappa shape index (κ3) is 4.40. The van der Waals surface area contributed by atoms with Gasteiger partial charge in [-0.05, 0) is 37.1 Å². The summed E-state index contributed by atoms with van der Waals surface area (Å²) in [5.74, 6) is -0.823. The van der Waals surface area contributed by atoms with Gasteiger partial charge in [-0.2, -0.15) is 4.31 Å². The highest BCUT2D eigenvalue weighted by Gasteiger charge is 2.27. The van der Waals surface area contributed by atoms with E-state index in [9.17, 15) is 17.6 Å². The van der Waals surface area contributed by atoms with Crippen LogP contribution in [0.4, 0.5) is 10.1 Å². The molecule has 1 amide bonds. The van der Waals surface area contributed by atoms with E-state index in [1.807, 2.05) is 0 Å². The zero-order valence-electron chi connectivity index (χ0n) is 13.9. The Morgan fingerprint density at radius 2 is 1.92 bits per heavy atom. The number of para-hydroxylation sites is 1. The number of sulfonamides is 1. The van der Waals surface area contributed by atoms with Gasteiger partial charge in [-0.1, -0.05) is 23.9 Å². The minimum Gasteiger partial charge on any atom is -0.323 e. The Bertz CT molecular complexity index is 882. The molecule has 1 fully saturated rings. The van der Waals surface area contributed by atoms with Crippen LogP contribution in [0.3, 0.4) is 0 Å². The van der Waals surface area contributed by atoms with Gasteiger partial charge < -0.3 is 5.32 Å². The maximum Gasteiger partial charge on any atom is 0.244 e. The highest BCUT2D eigenvalue weighted by molar-refractivity contribution is 7.99. The van der Waals surface area contributed by atoms with Crippen molar-refractivity contribution in [1.82, 2.24) is 9.29 Å². The number of carbonyl (C=O) groups is 1. The van der Waals surface area contributed by atoms with E-state index >= 15 is 0 Å². The van der Waals surface area contributed by atoms with Crippen LogP contribution in [-0.2, 0) is 14.8 Å². The molecule has 1 N–H and O–H groups in total. The van der Waals surface area contributed by atoms with Crippen molar-refractivity contribution in [2.75, 3.05) is 24.2 Å². The first-order chi connectivity index (χ1) is 12.5. The lowest BCUT2D eigenvalue weighted by molar-refractivity contribution is -0.113. The first-order valence-electron chi connectivity index (χ1n) is 8.10. The Morgan fingerprint density at radius 3 is 2.58 bits per heavy atom. The van der Waals surface area contributed by atoms with Crippen LogP contribution in [-0.4, -0.2) is 42.5 Å². The van der Waals surface area contributed by atoms with Gasteiger partial charge >= 0.3 is 0 Å². The van der Waals surface area contributed by atoms with Gasteiger partial charge in [-0.25, -0.2) is 17.8 Å². The van der Waals surface area contributed by atoms with E-state index in [-0.39, 0.29) is 22.2 Å². The molecular weight excluding hydrogens is 377 g/mol. The molecule has 0 spiro atoms. The fourth-order valence-corrected chi connectivity index (χ4v) is 4.68. The number of pyridine rings is 1. The molecule has 1 aromatic carbocycles. The largest absolute Gasteiger partial charge is 0.323 e. The van der Waals surface area contributed by atoms with Crippen molar-refractivity contribution in [2.45, 2.75) is 22.8 Å². The smallest absolute Gasteiger partial charge is 0.244 e. The van der Waals surface area contributed by atoms with E-state index < -0.39 is 15.8 Å². The van der Waals surface area contributed by atoms with Gasteiger partial charge in [0.25, 0.3) is 0 Å². The standard InChI is InChI=1S/C17H18FN3O3S2/c18-14-5-1-2-6-15(14)20-16(22)12-25-17-8-7-13(11-19-17)26(23,24)21-9-3-4-10-21/h1-2,5-8,11H,3-4,9-10,12H2,(H,20,22). The van der Waals surface area contributed by atoms with Gasteiger partial charge in [-0.3, -0.25) is 4.79 Å². The lowest BCUT2D eigenvalue weighted by atomic mass is 10.3. The lowest BCUT2D eigenvalue weighted by Gasteiger charge is -2.15. The zero-order valence-corrected chi connectivity index (χ0v) is 15.5. The first-order valence-corrected chi connectivity index (χ1v) is 10.5. The highest BCUT2D eigenvalue weighted by atomic mass is 32.2. The third-order valence-electron chi connectivity index (χ3n) is 3.91. The molecule has 0 atom stereocenters. The summed E-state index contributed by atoms with van der Waals surface area (Å²) in [7, 11) is -3.49. The maximum absolute atomic E-state index is 13.5. The molecule has 1 aliphatic heterocycles. The van der Waals surface area contributed by atoms with Crippen molar-refractivity contribution in [1.29, 1.82) is 0 Å². The molecule has 1 saturated heterocycles. The van der Waals surface area contributed by atoms with Crippen molar-refractivity contribution in [3.63, 3.8) is 0 Å². The van der Waals surface area contributed by atoms with Crippen LogP contribution in [0.5, 0.6) is 0 Å². The molecule has 1 aliphatic rings. The number of benzene rings is 1. The molecule has 2 aromatic rings. The van der Waals surface area contributed by atoms with Crippen LogP contribution in [0.25, 0.3) is 0 Å². The second kappa shape index (κ2) is 8.15. The molecule has 1 aromatic heterocycles. The van der Waals surface area contributed by atoms with E-state index in [0.29, 0.717) is 18.1 Å². The molecule has 3 rings (SSSR count). The molecule has 6 nitrogen and oxygen atoms in total. The Hall–Kier alpha value is -1.97. The fraction of sp³-hybridized carbons (Fsp3) is 0.294. The number of hydrogen-bond donors (Lipinski definition) is 1. The van der Waals surface area contributed by atoms with Crippen LogP contribution in [0.1, 0.15) is 12.8 Å². The van der Waals surface area contributed by atoms with Gasteiger partial charge in [0, 0.05) is 19.3 Å². The summed E-state index contributed by atoms with van der Waals surface area (Å²) in [6, 6.07) is 8.99. The van der Waals surface area contributed by atoms with E-state index in [1.54, 1.807) is 18.2 Å². The number of halogens is 1. The zero-order chi connectivity index (χ0) is 18.6. The van der Waals surface area contributed by atoms with Crippen LogP contribution in [0, 0.1) is 5.82 Å². The second-order valence-corrected chi connectivity index (χ2v) is 8.69. The number of nitrogens with one attached hydrogen (secondary N) is 1. The Labute approximate surface area is 155 Å². The van der Waals surface area contributed by atoms with Crippen molar-refractivity contribution < 1.29 is 17.6 Å². The third-order valence-corrected chi connectivity index (χ3v) is 6.74. The van der Waals surface area contributed by atoms with Crippen LogP contribution < -0.4 is 5.32 Å². The Kier molecular flexibility index (Phi) is 5.90. The van der Waals surface area contributed by atoms with Crippen LogP contribution in [0.15, 0.2) is 52.5 Å². The van der Waals surface area contributed by atoms with Gasteiger partial charge in [-0.15, -0.1) is 0 Å². The van der Waals surface area contributed by atoms with Gasteiger partial charge in [0.15, 0.2) is 0 Å². The fourth-order valence-electron chi connectivity index (χ4n) is 2.57. The van der Waals surface area contributed by atoms with E-state index in [0.717, 1.165) is 24.6 Å². The SMILES string of the molecule is O=C(CSc1ccc(S(=O)(=O)N2CCCC2)cn1)Nc1ccccc1F. The molecule has 0 unspecified atom stereocenters. The van der Waals surface area contributed by atoms with E-state index in [4.69, 9.17) is 0 Å². The summed E-state index contributed by atoms with van der Waals surface area (Å²) >= 11 is 1.15. The predicted octanol–water partition coefficient (Wildman–Crippen LogP) is 2.74. The van der Waals surface area contributed by atoms with E-state index in [2.05, 4.69) is 10.3 Å². The molecule has 26 heavy (non-hydrogen) atoms. The average molecular weight is 395 g/mol. The van der Waals surface area contributed by atoms with Crippen molar-refractivity contribution in [3.8, 4) is 0 Å². The maximum atomic E-state index is 13.5. The average Bonchev–Trinajstić information content (AvgIpc) is 3.18. The number of nitrogens with zero attached hydrogens (tertiary/aromatic N) is 2. The molecule has 0 saturated carbocycles. The number of amides is 1. The highest BCUT2D eigenvalue weighted by Crippen LogP contribution is 2.23. The van der Waals surface area contributed by atoms with Crippen LogP contribution >= 0.6 is 11.8 Å². The Balaban J connectivity index is 1.57. The molecule has 0 bridgehead atoms. The van der Waals surface area contributed by atoms with Crippen molar-refractivity contribution in [3.05, 3.63) is 48.4 Å². The minimum atomic E-state index is -3.49.